The fraction of sp³-hybridized carbons (Fsp3) is 0.800. The zero-order valence-electron chi connectivity index (χ0n) is 9.06. The summed E-state index contributed by atoms with van der Waals surface area (Å²) in [4.78, 5) is 0. The number of nitrogens with zero attached hydrogens (tertiary/aromatic N) is 3. The minimum Gasteiger partial charge on any atom is -0.384 e. The normalized spacial score (nSPS) is 19.7. The van der Waals surface area contributed by atoms with E-state index in [1.165, 1.54) is 12.8 Å². The van der Waals surface area contributed by atoms with Crippen LogP contribution in [0.3, 0.4) is 0 Å². The van der Waals surface area contributed by atoms with Crippen LogP contribution in [0.25, 0.3) is 0 Å². The molecule has 0 spiro atoms. The smallest absolute Gasteiger partial charge is 0.163 e. The summed E-state index contributed by atoms with van der Waals surface area (Å²) < 4.78 is 2.06. The molecule has 1 aromatic heterocycles. The maximum atomic E-state index is 9.74. The zero-order chi connectivity index (χ0) is 10.8. The Hall–Kier alpha value is -0.940. The van der Waals surface area contributed by atoms with Gasteiger partial charge in [0.05, 0.1) is 0 Å². The van der Waals surface area contributed by atoms with E-state index < -0.39 is 6.10 Å². The van der Waals surface area contributed by atoms with Crippen LogP contribution in [0.15, 0.2) is 0 Å². The summed E-state index contributed by atoms with van der Waals surface area (Å²) in [6.07, 6.45) is 4.12. The molecule has 1 aliphatic rings. The molecule has 0 aromatic carbocycles. The monoisotopic (exact) mass is 210 g/mol. The number of aromatic nitrogens is 3. The highest BCUT2D eigenvalue weighted by molar-refractivity contribution is 5.01. The summed E-state index contributed by atoms with van der Waals surface area (Å²) >= 11 is 0. The quantitative estimate of drug-likeness (QED) is 0.769. The van der Waals surface area contributed by atoms with Gasteiger partial charge in [-0.05, 0) is 19.8 Å². The second-order valence-electron chi connectivity index (χ2n) is 4.17. The molecule has 5 nitrogen and oxygen atoms in total. The van der Waals surface area contributed by atoms with Gasteiger partial charge in [-0.2, -0.15) is 0 Å². The molecule has 3 N–H and O–H groups in total. The lowest BCUT2D eigenvalue weighted by molar-refractivity contribution is 0.168. The second-order valence-corrected chi connectivity index (χ2v) is 4.17. The van der Waals surface area contributed by atoms with Crippen molar-refractivity contribution < 1.29 is 5.11 Å². The molecular weight excluding hydrogens is 192 g/mol. The average molecular weight is 210 g/mol. The Morgan fingerprint density at radius 3 is 2.73 bits per heavy atom. The van der Waals surface area contributed by atoms with Crippen LogP contribution >= 0.6 is 0 Å². The third-order valence-corrected chi connectivity index (χ3v) is 3.10. The van der Waals surface area contributed by atoms with Gasteiger partial charge in [0.25, 0.3) is 0 Å². The Labute approximate surface area is 89.3 Å². The van der Waals surface area contributed by atoms with Crippen molar-refractivity contribution in [2.45, 2.75) is 44.8 Å². The Balaban J connectivity index is 2.30. The predicted octanol–water partition coefficient (Wildman–Crippen LogP) is 0.694. The Bertz CT molecular complexity index is 330. The van der Waals surface area contributed by atoms with Crippen LogP contribution in [0, 0.1) is 6.92 Å². The van der Waals surface area contributed by atoms with Crippen LogP contribution in [0.2, 0.25) is 0 Å². The van der Waals surface area contributed by atoms with Crippen molar-refractivity contribution >= 4 is 0 Å². The van der Waals surface area contributed by atoms with Crippen LogP contribution in [0.4, 0.5) is 0 Å². The molecule has 1 aliphatic carbocycles. The van der Waals surface area contributed by atoms with Crippen LogP contribution in [-0.2, 0) is 0 Å². The first-order valence-electron chi connectivity index (χ1n) is 5.53. The predicted molar refractivity (Wildman–Crippen MR) is 56.3 cm³/mol. The van der Waals surface area contributed by atoms with Gasteiger partial charge >= 0.3 is 0 Å². The molecule has 0 saturated heterocycles. The maximum Gasteiger partial charge on any atom is 0.163 e. The van der Waals surface area contributed by atoms with E-state index in [1.807, 2.05) is 6.92 Å². The van der Waals surface area contributed by atoms with Gasteiger partial charge in [0.1, 0.15) is 11.9 Å². The number of hydrogen-bond donors (Lipinski definition) is 2. The Kier molecular flexibility index (Phi) is 3.02. The van der Waals surface area contributed by atoms with E-state index in [2.05, 4.69) is 14.8 Å². The lowest BCUT2D eigenvalue weighted by Crippen LogP contribution is -2.19. The standard InChI is InChI=1S/C10H18N4O/c1-7-12-13-10(9(15)6-11)14(7)8-4-2-3-5-8/h8-9,15H,2-6,11H2,1H3/t9-/m0/s1. The molecule has 1 saturated carbocycles. The van der Waals surface area contributed by atoms with Gasteiger partial charge in [-0.15, -0.1) is 10.2 Å². The summed E-state index contributed by atoms with van der Waals surface area (Å²) in [6, 6.07) is 0.455. The SMILES string of the molecule is Cc1nnc([C@@H](O)CN)n1C1CCCC1. The van der Waals surface area contributed by atoms with Gasteiger partial charge in [0, 0.05) is 12.6 Å². The van der Waals surface area contributed by atoms with Crippen LogP contribution < -0.4 is 5.73 Å². The molecule has 0 bridgehead atoms. The molecule has 2 rings (SSSR count). The Morgan fingerprint density at radius 2 is 2.13 bits per heavy atom. The highest BCUT2D eigenvalue weighted by atomic mass is 16.3. The maximum absolute atomic E-state index is 9.74. The molecule has 1 aromatic rings. The van der Waals surface area contributed by atoms with Crippen LogP contribution in [0.1, 0.15) is 49.5 Å². The van der Waals surface area contributed by atoms with Crippen LogP contribution in [0.5, 0.6) is 0 Å². The van der Waals surface area contributed by atoms with Crippen LogP contribution in [-0.4, -0.2) is 26.4 Å². The van der Waals surface area contributed by atoms with Crippen molar-refractivity contribution in [1.29, 1.82) is 0 Å². The summed E-state index contributed by atoms with van der Waals surface area (Å²) in [5.41, 5.74) is 5.45. The van der Waals surface area contributed by atoms with Gasteiger partial charge in [-0.3, -0.25) is 0 Å². The molecule has 15 heavy (non-hydrogen) atoms. The topological polar surface area (TPSA) is 77.0 Å². The van der Waals surface area contributed by atoms with E-state index in [9.17, 15) is 5.11 Å². The number of rotatable bonds is 3. The minimum absolute atomic E-state index is 0.199. The summed E-state index contributed by atoms with van der Waals surface area (Å²) in [5, 5.41) is 17.8. The molecule has 5 heteroatoms. The highest BCUT2D eigenvalue weighted by Crippen LogP contribution is 2.32. The van der Waals surface area contributed by atoms with Crippen molar-refractivity contribution in [2.75, 3.05) is 6.54 Å². The summed E-state index contributed by atoms with van der Waals surface area (Å²) in [6.45, 7) is 2.13. The van der Waals surface area contributed by atoms with Gasteiger partial charge in [-0.25, -0.2) is 0 Å². The molecule has 1 atom stereocenters. The number of hydrogen-bond acceptors (Lipinski definition) is 4. The van der Waals surface area contributed by atoms with Gasteiger partial charge in [-0.1, -0.05) is 12.8 Å². The van der Waals surface area contributed by atoms with Crippen molar-refractivity contribution in [1.82, 2.24) is 14.8 Å². The average Bonchev–Trinajstić information content (AvgIpc) is 2.85. The number of nitrogens with two attached hydrogens (primary N) is 1. The second kappa shape index (κ2) is 4.28. The molecule has 0 aliphatic heterocycles. The number of aliphatic hydroxyl groups excluding tert-OH is 1. The van der Waals surface area contributed by atoms with Crippen molar-refractivity contribution in [3.63, 3.8) is 0 Å². The van der Waals surface area contributed by atoms with E-state index in [0.717, 1.165) is 18.7 Å². The van der Waals surface area contributed by atoms with Crippen molar-refractivity contribution in [2.24, 2.45) is 5.73 Å². The molecule has 1 heterocycles. The van der Waals surface area contributed by atoms with E-state index in [4.69, 9.17) is 5.73 Å². The van der Waals surface area contributed by atoms with Gasteiger partial charge in [0.15, 0.2) is 5.82 Å². The first kappa shape index (κ1) is 10.6. The number of aliphatic hydroxyl groups is 1. The molecule has 84 valence electrons. The third kappa shape index (κ3) is 1.89. The largest absolute Gasteiger partial charge is 0.384 e. The Morgan fingerprint density at radius 1 is 1.47 bits per heavy atom. The summed E-state index contributed by atoms with van der Waals surface area (Å²) in [5.74, 6) is 1.51. The van der Waals surface area contributed by atoms with Crippen molar-refractivity contribution in [3.05, 3.63) is 11.6 Å². The van der Waals surface area contributed by atoms with Gasteiger partial charge in [0.2, 0.25) is 0 Å². The lowest BCUT2D eigenvalue weighted by Gasteiger charge is -2.17. The molecule has 0 amide bonds. The molecule has 1 fully saturated rings. The first-order valence-corrected chi connectivity index (χ1v) is 5.53. The molecule has 0 unspecified atom stereocenters. The van der Waals surface area contributed by atoms with E-state index >= 15 is 0 Å². The lowest BCUT2D eigenvalue weighted by atomic mass is 10.2. The molecule has 0 radical (unpaired) electrons. The van der Waals surface area contributed by atoms with E-state index in [0.29, 0.717) is 11.9 Å². The minimum atomic E-state index is -0.688. The van der Waals surface area contributed by atoms with Gasteiger partial charge < -0.3 is 15.4 Å². The van der Waals surface area contributed by atoms with E-state index in [1.54, 1.807) is 0 Å². The highest BCUT2D eigenvalue weighted by Gasteiger charge is 2.24. The molecular formula is C10H18N4O. The summed E-state index contributed by atoms with van der Waals surface area (Å²) in [7, 11) is 0. The zero-order valence-corrected chi connectivity index (χ0v) is 9.06. The first-order chi connectivity index (χ1) is 7.24. The third-order valence-electron chi connectivity index (χ3n) is 3.10. The van der Waals surface area contributed by atoms with E-state index in [-0.39, 0.29) is 6.54 Å². The number of aryl methyl sites for hydroxylation is 1. The van der Waals surface area contributed by atoms with Crippen molar-refractivity contribution in [3.8, 4) is 0 Å². The fourth-order valence-electron chi connectivity index (χ4n) is 2.33. The fourth-order valence-corrected chi connectivity index (χ4v) is 2.33.